The standard InChI is InChI=1S/C31H27N3O7S4/c1-19-16-43-31(32-19)45(39,40)18-22-17-44(38)29-25(33-24(35)15-23-13-8-14-42-23)28(36)34(29)26(22)30(37)41-27(20-9-4-2-5-10-20)21-11-6-3-7-12-21/h2-14,16,25,27,29H,15,17-18H2,1H3,(H,33,35)/t25-,29-,44?/m1/s1. The second-order valence-electron chi connectivity index (χ2n) is 10.5. The molecule has 3 atom stereocenters. The highest BCUT2D eigenvalue weighted by atomic mass is 32.2. The fourth-order valence-corrected chi connectivity index (χ4v) is 10.3. The van der Waals surface area contributed by atoms with Gasteiger partial charge in [0.2, 0.25) is 20.1 Å². The van der Waals surface area contributed by atoms with Crippen molar-refractivity contribution < 1.29 is 31.7 Å². The van der Waals surface area contributed by atoms with E-state index in [2.05, 4.69) is 10.3 Å². The van der Waals surface area contributed by atoms with Crippen molar-refractivity contribution in [3.05, 3.63) is 117 Å². The predicted octanol–water partition coefficient (Wildman–Crippen LogP) is 3.53. The van der Waals surface area contributed by atoms with Gasteiger partial charge in [0.1, 0.15) is 17.1 Å². The third-order valence-corrected chi connectivity index (χ3v) is 13.0. The van der Waals surface area contributed by atoms with Crippen molar-refractivity contribution in [2.24, 2.45) is 0 Å². The number of carbonyl (C=O) groups is 3. The first kappa shape index (κ1) is 31.0. The second-order valence-corrected chi connectivity index (χ2v) is 16.1. The highest BCUT2D eigenvalue weighted by Crippen LogP contribution is 2.38. The van der Waals surface area contributed by atoms with Gasteiger partial charge in [0.25, 0.3) is 5.91 Å². The summed E-state index contributed by atoms with van der Waals surface area (Å²) in [6.45, 7) is 1.66. The van der Waals surface area contributed by atoms with Gasteiger partial charge in [-0.1, -0.05) is 66.7 Å². The molecule has 0 saturated carbocycles. The Morgan fingerprint density at radius 1 is 1.04 bits per heavy atom. The maximum absolute atomic E-state index is 14.1. The largest absolute Gasteiger partial charge is 0.448 e. The number of thiazole rings is 1. The van der Waals surface area contributed by atoms with Crippen LogP contribution in [0.2, 0.25) is 0 Å². The Kier molecular flexibility index (Phi) is 8.82. The number of aromatic nitrogens is 1. The number of nitrogens with one attached hydrogen (secondary N) is 1. The van der Waals surface area contributed by atoms with Gasteiger partial charge >= 0.3 is 5.97 Å². The molecule has 10 nitrogen and oxygen atoms in total. The number of esters is 1. The molecule has 2 amide bonds. The van der Waals surface area contributed by atoms with Crippen molar-refractivity contribution in [1.29, 1.82) is 0 Å². The van der Waals surface area contributed by atoms with Gasteiger partial charge in [-0.15, -0.1) is 22.7 Å². The molecule has 232 valence electrons. The first-order chi connectivity index (χ1) is 21.6. The average molecular weight is 682 g/mol. The molecule has 6 rings (SSSR count). The summed E-state index contributed by atoms with van der Waals surface area (Å²) in [5.41, 5.74) is 1.55. The first-order valence-corrected chi connectivity index (χ1v) is 18.6. The van der Waals surface area contributed by atoms with Gasteiger partial charge < -0.3 is 10.1 Å². The van der Waals surface area contributed by atoms with Crippen LogP contribution in [-0.4, -0.2) is 63.2 Å². The minimum absolute atomic E-state index is 0.0148. The summed E-state index contributed by atoms with van der Waals surface area (Å²) >= 11 is 2.34. The van der Waals surface area contributed by atoms with Gasteiger partial charge in [0.15, 0.2) is 6.10 Å². The van der Waals surface area contributed by atoms with E-state index < -0.39 is 61.7 Å². The molecule has 2 aromatic heterocycles. The number of fused-ring (bicyclic) bond motifs is 1. The van der Waals surface area contributed by atoms with Crippen molar-refractivity contribution >= 4 is 61.1 Å². The highest BCUT2D eigenvalue weighted by Gasteiger charge is 2.57. The molecule has 0 bridgehead atoms. The normalized spacial score (nSPS) is 19.6. The SMILES string of the molecule is Cc1csc(S(=O)(=O)CC2=C(C(=O)OC(c3ccccc3)c3ccccc3)N3C(=O)[C@@H](NC(=O)Cc4cccs4)[C@H]3S(=O)C2)n1. The number of aryl methyl sites for hydroxylation is 1. The summed E-state index contributed by atoms with van der Waals surface area (Å²) in [6.07, 6.45) is -0.839. The maximum Gasteiger partial charge on any atom is 0.356 e. The third kappa shape index (κ3) is 6.41. The molecular formula is C31H27N3O7S4. The number of sulfone groups is 1. The molecule has 1 saturated heterocycles. The van der Waals surface area contributed by atoms with Crippen LogP contribution in [0.15, 0.2) is 99.2 Å². The minimum Gasteiger partial charge on any atom is -0.448 e. The number of nitrogens with zero attached hydrogens (tertiary/aromatic N) is 2. The summed E-state index contributed by atoms with van der Waals surface area (Å²) in [7, 11) is -5.88. The zero-order chi connectivity index (χ0) is 31.7. The number of β-lactam (4-membered cyclic amide) rings is 1. The van der Waals surface area contributed by atoms with Gasteiger partial charge in [0.05, 0.1) is 28.7 Å². The minimum atomic E-state index is -4.06. The average Bonchev–Trinajstić information content (AvgIpc) is 3.71. The number of rotatable bonds is 10. The third-order valence-electron chi connectivity index (χ3n) is 7.29. The van der Waals surface area contributed by atoms with Crippen molar-refractivity contribution in [3.63, 3.8) is 0 Å². The molecule has 2 aliphatic rings. The summed E-state index contributed by atoms with van der Waals surface area (Å²) in [5.74, 6) is -3.02. The van der Waals surface area contributed by atoms with Crippen LogP contribution in [0.25, 0.3) is 0 Å². The van der Waals surface area contributed by atoms with Gasteiger partial charge in [-0.2, -0.15) is 0 Å². The van der Waals surface area contributed by atoms with Crippen LogP contribution >= 0.6 is 22.7 Å². The van der Waals surface area contributed by atoms with E-state index in [1.165, 1.54) is 11.3 Å². The summed E-state index contributed by atoms with van der Waals surface area (Å²) < 4.78 is 46.3. The molecular weight excluding hydrogens is 655 g/mol. The summed E-state index contributed by atoms with van der Waals surface area (Å²) in [4.78, 5) is 46.4. The molecule has 1 N–H and O–H groups in total. The Hall–Kier alpha value is -3.98. The number of carbonyl (C=O) groups excluding carboxylic acids is 3. The molecule has 2 aliphatic heterocycles. The van der Waals surface area contributed by atoms with Crippen LogP contribution in [0.1, 0.15) is 27.8 Å². The molecule has 4 aromatic rings. The molecule has 1 fully saturated rings. The van der Waals surface area contributed by atoms with Crippen molar-refractivity contribution in [3.8, 4) is 0 Å². The first-order valence-electron chi connectivity index (χ1n) is 13.8. The van der Waals surface area contributed by atoms with Crippen LogP contribution in [0.5, 0.6) is 0 Å². The van der Waals surface area contributed by atoms with Gasteiger partial charge in [-0.25, -0.2) is 18.2 Å². The molecule has 0 spiro atoms. The predicted molar refractivity (Wildman–Crippen MR) is 170 cm³/mol. The van der Waals surface area contributed by atoms with E-state index >= 15 is 0 Å². The fourth-order valence-electron chi connectivity index (χ4n) is 5.26. The lowest BCUT2D eigenvalue weighted by molar-refractivity contribution is -0.154. The summed E-state index contributed by atoms with van der Waals surface area (Å²) in [6, 6.07) is 20.5. The van der Waals surface area contributed by atoms with Crippen molar-refractivity contribution in [2.75, 3.05) is 11.5 Å². The fraction of sp³-hybridized carbons (Fsp3) is 0.226. The number of thiophene rings is 1. The van der Waals surface area contributed by atoms with Crippen LogP contribution in [-0.2, 0) is 46.2 Å². The number of hydrogen-bond acceptors (Lipinski definition) is 10. The zero-order valence-corrected chi connectivity index (χ0v) is 27.1. The Balaban J connectivity index is 1.35. The van der Waals surface area contributed by atoms with E-state index in [-0.39, 0.29) is 27.8 Å². The van der Waals surface area contributed by atoms with Crippen molar-refractivity contribution in [1.82, 2.24) is 15.2 Å². The number of amides is 2. The van der Waals surface area contributed by atoms with Gasteiger partial charge in [-0.3, -0.25) is 18.7 Å². The summed E-state index contributed by atoms with van der Waals surface area (Å²) in [5, 5.41) is 5.02. The Labute approximate surface area is 270 Å². The van der Waals surface area contributed by atoms with E-state index in [9.17, 15) is 27.0 Å². The quantitative estimate of drug-likeness (QED) is 0.198. The van der Waals surface area contributed by atoms with E-state index in [1.54, 1.807) is 66.9 Å². The van der Waals surface area contributed by atoms with Crippen LogP contribution in [0, 0.1) is 6.92 Å². The monoisotopic (exact) mass is 681 g/mol. The molecule has 2 aromatic carbocycles. The van der Waals surface area contributed by atoms with Crippen LogP contribution < -0.4 is 5.32 Å². The molecule has 14 heteroatoms. The zero-order valence-electron chi connectivity index (χ0n) is 23.8. The lowest BCUT2D eigenvalue weighted by Gasteiger charge is -2.49. The van der Waals surface area contributed by atoms with Gasteiger partial charge in [-0.05, 0) is 35.1 Å². The number of ether oxygens (including phenoxy) is 1. The number of hydrogen-bond donors (Lipinski definition) is 1. The lowest BCUT2D eigenvalue weighted by atomic mass is 10.0. The Bertz CT molecular complexity index is 1870. The maximum atomic E-state index is 14.1. The Morgan fingerprint density at radius 2 is 1.71 bits per heavy atom. The van der Waals surface area contributed by atoms with E-state index in [0.29, 0.717) is 16.8 Å². The van der Waals surface area contributed by atoms with Gasteiger partial charge in [0, 0.05) is 16.0 Å². The lowest BCUT2D eigenvalue weighted by Crippen LogP contribution is -2.73. The second kappa shape index (κ2) is 12.8. The molecule has 1 unspecified atom stereocenters. The Morgan fingerprint density at radius 3 is 2.29 bits per heavy atom. The van der Waals surface area contributed by atoms with E-state index in [1.807, 2.05) is 23.6 Å². The topological polar surface area (TPSA) is 140 Å². The smallest absolute Gasteiger partial charge is 0.356 e. The molecule has 0 radical (unpaired) electrons. The van der Waals surface area contributed by atoms with Crippen LogP contribution in [0.3, 0.4) is 0 Å². The van der Waals surface area contributed by atoms with Crippen LogP contribution in [0.4, 0.5) is 0 Å². The molecule has 4 heterocycles. The number of benzene rings is 2. The van der Waals surface area contributed by atoms with E-state index in [4.69, 9.17) is 4.74 Å². The molecule has 0 aliphatic carbocycles. The highest BCUT2D eigenvalue weighted by molar-refractivity contribution is 7.93. The molecule has 45 heavy (non-hydrogen) atoms. The van der Waals surface area contributed by atoms with Crippen molar-refractivity contribution in [2.45, 2.75) is 35.2 Å². The van der Waals surface area contributed by atoms with E-state index in [0.717, 1.165) is 21.1 Å².